The Bertz CT molecular complexity index is 777. The number of carbonyl (C=O) groups excluding carboxylic acids is 2. The Morgan fingerprint density at radius 3 is 2.75 bits per heavy atom. The summed E-state index contributed by atoms with van der Waals surface area (Å²) in [6.07, 6.45) is 0.726. The van der Waals surface area contributed by atoms with E-state index in [-0.39, 0.29) is 18.2 Å². The molecule has 0 fully saturated rings. The van der Waals surface area contributed by atoms with Gasteiger partial charge in [-0.2, -0.15) is 0 Å². The molecule has 0 bridgehead atoms. The highest BCUT2D eigenvalue weighted by Gasteiger charge is 2.30. The van der Waals surface area contributed by atoms with E-state index in [0.29, 0.717) is 29.2 Å². The lowest BCUT2D eigenvalue weighted by atomic mass is 9.89. The second kappa shape index (κ2) is 7.01. The van der Waals surface area contributed by atoms with Crippen LogP contribution in [0, 0.1) is 5.82 Å². The lowest BCUT2D eigenvalue weighted by Crippen LogP contribution is -2.36. The Morgan fingerprint density at radius 2 is 2.00 bits per heavy atom. The number of hydrogen-bond acceptors (Lipinski definition) is 2. The quantitative estimate of drug-likeness (QED) is 0.892. The van der Waals surface area contributed by atoms with Gasteiger partial charge in [0.05, 0.1) is 5.92 Å². The van der Waals surface area contributed by atoms with Crippen molar-refractivity contribution in [2.24, 2.45) is 0 Å². The first-order chi connectivity index (χ1) is 11.5. The van der Waals surface area contributed by atoms with Crippen LogP contribution in [0.2, 0.25) is 5.02 Å². The summed E-state index contributed by atoms with van der Waals surface area (Å²) in [5.74, 6) is -1.56. The minimum atomic E-state index is -0.598. The second-order valence-electron chi connectivity index (χ2n) is 5.70. The molecule has 1 aliphatic rings. The summed E-state index contributed by atoms with van der Waals surface area (Å²) in [6, 6.07) is 11.5. The summed E-state index contributed by atoms with van der Waals surface area (Å²) >= 11 is 5.84. The van der Waals surface area contributed by atoms with Gasteiger partial charge in [-0.25, -0.2) is 4.39 Å². The number of rotatable bonds is 4. The number of carbonyl (C=O) groups is 2. The van der Waals surface area contributed by atoms with Gasteiger partial charge in [0.1, 0.15) is 5.82 Å². The standard InChI is InChI=1S/C18H16ClFN2O2/c19-12-3-1-11(2-4-12)7-8-21-18(24)15-10-17(23)22-16-9-13(20)5-6-14(15)16/h1-6,9,15H,7-8,10H2,(H,21,24)(H,22,23)/t15-/m1/s1. The molecule has 2 aromatic carbocycles. The largest absolute Gasteiger partial charge is 0.355 e. The van der Waals surface area contributed by atoms with Crippen molar-refractivity contribution in [1.29, 1.82) is 0 Å². The van der Waals surface area contributed by atoms with Crippen LogP contribution >= 0.6 is 11.6 Å². The monoisotopic (exact) mass is 346 g/mol. The van der Waals surface area contributed by atoms with Crippen molar-refractivity contribution >= 4 is 29.1 Å². The van der Waals surface area contributed by atoms with Crippen molar-refractivity contribution in [1.82, 2.24) is 5.32 Å². The van der Waals surface area contributed by atoms with Crippen molar-refractivity contribution in [3.8, 4) is 0 Å². The average molecular weight is 347 g/mol. The maximum Gasteiger partial charge on any atom is 0.228 e. The molecule has 24 heavy (non-hydrogen) atoms. The zero-order chi connectivity index (χ0) is 17.1. The molecule has 2 aromatic rings. The van der Waals surface area contributed by atoms with Gasteiger partial charge in [0.25, 0.3) is 0 Å². The van der Waals surface area contributed by atoms with Crippen LogP contribution in [0.5, 0.6) is 0 Å². The number of fused-ring (bicyclic) bond motifs is 1. The van der Waals surface area contributed by atoms with Gasteiger partial charge in [-0.1, -0.05) is 29.8 Å². The van der Waals surface area contributed by atoms with E-state index in [1.807, 2.05) is 12.1 Å². The van der Waals surface area contributed by atoms with Crippen molar-refractivity contribution in [2.45, 2.75) is 18.8 Å². The van der Waals surface area contributed by atoms with Gasteiger partial charge in [-0.05, 0) is 41.8 Å². The van der Waals surface area contributed by atoms with Crippen molar-refractivity contribution in [3.63, 3.8) is 0 Å². The van der Waals surface area contributed by atoms with Crippen LogP contribution in [0.3, 0.4) is 0 Å². The van der Waals surface area contributed by atoms with Crippen molar-refractivity contribution in [2.75, 3.05) is 11.9 Å². The van der Waals surface area contributed by atoms with E-state index in [1.165, 1.54) is 12.1 Å². The van der Waals surface area contributed by atoms with E-state index in [0.717, 1.165) is 5.56 Å². The van der Waals surface area contributed by atoms with E-state index in [9.17, 15) is 14.0 Å². The van der Waals surface area contributed by atoms with Crippen LogP contribution < -0.4 is 10.6 Å². The zero-order valence-electron chi connectivity index (χ0n) is 12.8. The molecule has 0 unspecified atom stereocenters. The highest BCUT2D eigenvalue weighted by Crippen LogP contribution is 2.32. The first-order valence-electron chi connectivity index (χ1n) is 7.64. The molecule has 0 radical (unpaired) electrons. The molecule has 3 rings (SSSR count). The highest BCUT2D eigenvalue weighted by molar-refractivity contribution is 6.30. The topological polar surface area (TPSA) is 58.2 Å². The summed E-state index contributed by atoms with van der Waals surface area (Å²) < 4.78 is 13.3. The Morgan fingerprint density at radius 1 is 1.25 bits per heavy atom. The average Bonchev–Trinajstić information content (AvgIpc) is 2.55. The van der Waals surface area contributed by atoms with Gasteiger partial charge in [0.2, 0.25) is 11.8 Å². The summed E-state index contributed by atoms with van der Waals surface area (Å²) in [4.78, 5) is 24.2. The molecule has 2 amide bonds. The molecule has 0 saturated carbocycles. The Balaban J connectivity index is 1.65. The summed E-state index contributed by atoms with van der Waals surface area (Å²) in [5.41, 5.74) is 2.06. The lowest BCUT2D eigenvalue weighted by Gasteiger charge is -2.24. The Kier molecular flexibility index (Phi) is 4.81. The molecule has 0 spiro atoms. The SMILES string of the molecule is O=C1C[C@@H](C(=O)NCCc2ccc(Cl)cc2)c2ccc(F)cc2N1. The van der Waals surface area contributed by atoms with Gasteiger partial charge >= 0.3 is 0 Å². The van der Waals surface area contributed by atoms with Gasteiger partial charge in [-0.15, -0.1) is 0 Å². The number of benzene rings is 2. The first-order valence-corrected chi connectivity index (χ1v) is 8.02. The van der Waals surface area contributed by atoms with Gasteiger partial charge in [0, 0.05) is 23.7 Å². The van der Waals surface area contributed by atoms with E-state index < -0.39 is 11.7 Å². The van der Waals surface area contributed by atoms with E-state index >= 15 is 0 Å². The molecular formula is C18H16ClFN2O2. The zero-order valence-corrected chi connectivity index (χ0v) is 13.6. The number of amides is 2. The third-order valence-corrected chi connectivity index (χ3v) is 4.25. The minimum Gasteiger partial charge on any atom is -0.355 e. The highest BCUT2D eigenvalue weighted by atomic mass is 35.5. The lowest BCUT2D eigenvalue weighted by molar-refractivity contribution is -0.126. The third-order valence-electron chi connectivity index (χ3n) is 4.00. The Labute approximate surface area is 144 Å². The minimum absolute atomic E-state index is 0.0609. The number of hydrogen-bond donors (Lipinski definition) is 2. The Hall–Kier alpha value is -2.40. The van der Waals surface area contributed by atoms with E-state index in [4.69, 9.17) is 11.6 Å². The number of anilines is 1. The van der Waals surface area contributed by atoms with Crippen LogP contribution in [-0.2, 0) is 16.0 Å². The van der Waals surface area contributed by atoms with Gasteiger partial charge in [0.15, 0.2) is 0 Å². The predicted molar refractivity (Wildman–Crippen MR) is 90.6 cm³/mol. The maximum absolute atomic E-state index is 13.3. The van der Waals surface area contributed by atoms with Crippen molar-refractivity contribution in [3.05, 3.63) is 64.4 Å². The molecule has 124 valence electrons. The molecule has 0 saturated heterocycles. The fourth-order valence-corrected chi connectivity index (χ4v) is 2.90. The summed E-state index contributed by atoms with van der Waals surface area (Å²) in [6.45, 7) is 0.453. The van der Waals surface area contributed by atoms with Crippen LogP contribution in [0.25, 0.3) is 0 Å². The number of nitrogens with one attached hydrogen (secondary N) is 2. The maximum atomic E-state index is 13.3. The smallest absolute Gasteiger partial charge is 0.228 e. The molecule has 1 aliphatic heterocycles. The summed E-state index contributed by atoms with van der Waals surface area (Å²) in [7, 11) is 0. The summed E-state index contributed by atoms with van der Waals surface area (Å²) in [5, 5.41) is 6.11. The molecule has 0 aliphatic carbocycles. The van der Waals surface area contributed by atoms with Gasteiger partial charge in [-0.3, -0.25) is 9.59 Å². The molecular weight excluding hydrogens is 331 g/mol. The number of halogens is 2. The normalized spacial score (nSPS) is 16.2. The first kappa shape index (κ1) is 16.5. The van der Waals surface area contributed by atoms with Crippen LogP contribution in [0.4, 0.5) is 10.1 Å². The molecule has 6 heteroatoms. The van der Waals surface area contributed by atoms with E-state index in [2.05, 4.69) is 10.6 Å². The van der Waals surface area contributed by atoms with Crippen LogP contribution in [0.1, 0.15) is 23.5 Å². The van der Waals surface area contributed by atoms with Crippen molar-refractivity contribution < 1.29 is 14.0 Å². The third kappa shape index (κ3) is 3.74. The van der Waals surface area contributed by atoms with E-state index in [1.54, 1.807) is 18.2 Å². The molecule has 1 heterocycles. The molecule has 1 atom stereocenters. The molecule has 0 aromatic heterocycles. The van der Waals surface area contributed by atoms with Gasteiger partial charge < -0.3 is 10.6 Å². The molecule has 4 nitrogen and oxygen atoms in total. The molecule has 2 N–H and O–H groups in total. The predicted octanol–water partition coefficient (Wildman–Crippen LogP) is 3.26. The fourth-order valence-electron chi connectivity index (χ4n) is 2.78. The van der Waals surface area contributed by atoms with Crippen LogP contribution in [-0.4, -0.2) is 18.4 Å². The van der Waals surface area contributed by atoms with Crippen LogP contribution in [0.15, 0.2) is 42.5 Å². The fraction of sp³-hybridized carbons (Fsp3) is 0.222. The second-order valence-corrected chi connectivity index (χ2v) is 6.14.